The Morgan fingerprint density at radius 1 is 1.35 bits per heavy atom. The summed E-state index contributed by atoms with van der Waals surface area (Å²) in [5, 5.41) is 0. The Hall–Kier alpha value is -0.380. The third-order valence-electron chi connectivity index (χ3n) is 2.67. The van der Waals surface area contributed by atoms with Gasteiger partial charge >= 0.3 is 0 Å². The van der Waals surface area contributed by atoms with E-state index >= 15 is 0 Å². The maximum Gasteiger partial charge on any atom is 0.0488 e. The van der Waals surface area contributed by atoms with Crippen LogP contribution in [-0.4, -0.2) is 19.8 Å². The molecule has 3 heteroatoms. The van der Waals surface area contributed by atoms with Crippen molar-refractivity contribution in [2.24, 2.45) is 11.7 Å². The normalized spacial score (nSPS) is 13.0. The zero-order valence-corrected chi connectivity index (χ0v) is 12.2. The minimum absolute atomic E-state index is 0.389. The van der Waals surface area contributed by atoms with E-state index in [0.29, 0.717) is 18.4 Å². The van der Waals surface area contributed by atoms with Crippen LogP contribution in [-0.2, 0) is 4.74 Å². The number of halogens is 1. The lowest BCUT2D eigenvalue weighted by Gasteiger charge is -2.16. The quantitative estimate of drug-likeness (QED) is 0.782. The molecule has 0 aliphatic rings. The molecule has 0 heterocycles. The Bertz CT molecular complexity index is 328. The molecule has 0 radical (unpaired) electrons. The summed E-state index contributed by atoms with van der Waals surface area (Å²) < 4.78 is 6.72. The molecule has 0 aliphatic heterocycles. The van der Waals surface area contributed by atoms with Crippen LogP contribution in [0, 0.1) is 5.92 Å². The standard InChI is InChI=1S/C14H22BrNO/c1-11(2)10-17-7-6-13(9-16)12-4-3-5-14(15)8-12/h3-5,8,11,13H,6-7,9-10,16H2,1-2H3. The summed E-state index contributed by atoms with van der Waals surface area (Å²) in [7, 11) is 0. The summed E-state index contributed by atoms with van der Waals surface area (Å²) in [5.74, 6) is 0.983. The van der Waals surface area contributed by atoms with Crippen LogP contribution in [0.15, 0.2) is 28.7 Å². The Morgan fingerprint density at radius 2 is 2.12 bits per heavy atom. The first-order valence-corrected chi connectivity index (χ1v) is 6.96. The lowest BCUT2D eigenvalue weighted by Crippen LogP contribution is -2.15. The van der Waals surface area contributed by atoms with Crippen LogP contribution in [0.2, 0.25) is 0 Å². The summed E-state index contributed by atoms with van der Waals surface area (Å²) >= 11 is 3.49. The second kappa shape index (κ2) is 7.85. The molecular weight excluding hydrogens is 278 g/mol. The largest absolute Gasteiger partial charge is 0.381 e. The molecule has 0 spiro atoms. The first-order chi connectivity index (χ1) is 8.13. The monoisotopic (exact) mass is 299 g/mol. The maximum absolute atomic E-state index is 5.83. The highest BCUT2D eigenvalue weighted by molar-refractivity contribution is 9.10. The van der Waals surface area contributed by atoms with Crippen LogP contribution in [0.25, 0.3) is 0 Å². The van der Waals surface area contributed by atoms with Gasteiger partial charge in [-0.1, -0.05) is 41.9 Å². The van der Waals surface area contributed by atoms with E-state index in [1.165, 1.54) is 5.56 Å². The van der Waals surface area contributed by atoms with Gasteiger partial charge in [0.1, 0.15) is 0 Å². The highest BCUT2D eigenvalue weighted by Gasteiger charge is 2.09. The fraction of sp³-hybridized carbons (Fsp3) is 0.571. The second-order valence-electron chi connectivity index (χ2n) is 4.75. The molecule has 2 nitrogen and oxygen atoms in total. The van der Waals surface area contributed by atoms with Gasteiger partial charge in [0.05, 0.1) is 0 Å². The van der Waals surface area contributed by atoms with E-state index in [4.69, 9.17) is 10.5 Å². The summed E-state index contributed by atoms with van der Waals surface area (Å²) in [6, 6.07) is 8.36. The van der Waals surface area contributed by atoms with Crippen molar-refractivity contribution in [1.29, 1.82) is 0 Å². The van der Waals surface area contributed by atoms with E-state index in [1.807, 2.05) is 6.07 Å². The van der Waals surface area contributed by atoms with Crippen LogP contribution in [0.4, 0.5) is 0 Å². The van der Waals surface area contributed by atoms with Gasteiger partial charge in [0.15, 0.2) is 0 Å². The highest BCUT2D eigenvalue weighted by atomic mass is 79.9. The van der Waals surface area contributed by atoms with Crippen molar-refractivity contribution < 1.29 is 4.74 Å². The van der Waals surface area contributed by atoms with Crippen molar-refractivity contribution in [3.63, 3.8) is 0 Å². The van der Waals surface area contributed by atoms with Gasteiger partial charge in [-0.3, -0.25) is 0 Å². The first-order valence-electron chi connectivity index (χ1n) is 6.16. The SMILES string of the molecule is CC(C)COCCC(CN)c1cccc(Br)c1. The molecule has 0 fully saturated rings. The molecule has 1 unspecified atom stereocenters. The molecule has 0 aromatic heterocycles. The third kappa shape index (κ3) is 5.66. The number of nitrogens with two attached hydrogens (primary N) is 1. The van der Waals surface area contributed by atoms with Crippen LogP contribution >= 0.6 is 15.9 Å². The molecule has 1 aromatic rings. The number of benzene rings is 1. The van der Waals surface area contributed by atoms with Gasteiger partial charge in [-0.25, -0.2) is 0 Å². The minimum Gasteiger partial charge on any atom is -0.381 e. The smallest absolute Gasteiger partial charge is 0.0488 e. The number of ether oxygens (including phenoxy) is 1. The topological polar surface area (TPSA) is 35.2 Å². The van der Waals surface area contributed by atoms with Gasteiger partial charge in [-0.05, 0) is 42.5 Å². The lowest BCUT2D eigenvalue weighted by atomic mass is 9.96. The van der Waals surface area contributed by atoms with E-state index in [9.17, 15) is 0 Å². The highest BCUT2D eigenvalue weighted by Crippen LogP contribution is 2.22. The Morgan fingerprint density at radius 3 is 2.71 bits per heavy atom. The average molecular weight is 300 g/mol. The van der Waals surface area contributed by atoms with Gasteiger partial charge in [-0.2, -0.15) is 0 Å². The molecule has 0 bridgehead atoms. The average Bonchev–Trinajstić information content (AvgIpc) is 2.29. The first kappa shape index (κ1) is 14.7. The molecule has 0 amide bonds. The van der Waals surface area contributed by atoms with E-state index < -0.39 is 0 Å². The van der Waals surface area contributed by atoms with E-state index in [1.54, 1.807) is 0 Å². The van der Waals surface area contributed by atoms with Crippen LogP contribution < -0.4 is 5.73 Å². The fourth-order valence-electron chi connectivity index (χ4n) is 1.73. The molecule has 1 aromatic carbocycles. The summed E-state index contributed by atoms with van der Waals surface area (Å²) in [4.78, 5) is 0. The summed E-state index contributed by atoms with van der Waals surface area (Å²) in [6.45, 7) is 6.60. The zero-order valence-electron chi connectivity index (χ0n) is 10.7. The molecule has 1 atom stereocenters. The summed E-state index contributed by atoms with van der Waals surface area (Å²) in [6.07, 6.45) is 0.986. The van der Waals surface area contributed by atoms with Gasteiger partial charge in [0.2, 0.25) is 0 Å². The second-order valence-corrected chi connectivity index (χ2v) is 5.66. The Labute approximate surface area is 113 Å². The number of hydrogen-bond acceptors (Lipinski definition) is 2. The molecule has 2 N–H and O–H groups in total. The Balaban J connectivity index is 2.43. The molecular formula is C14H22BrNO. The maximum atomic E-state index is 5.83. The molecule has 0 aliphatic carbocycles. The van der Waals surface area contributed by atoms with Crippen molar-refractivity contribution in [2.45, 2.75) is 26.2 Å². The van der Waals surface area contributed by atoms with Gasteiger partial charge in [-0.15, -0.1) is 0 Å². The van der Waals surface area contributed by atoms with Gasteiger partial charge in [0, 0.05) is 17.7 Å². The van der Waals surface area contributed by atoms with E-state index in [0.717, 1.165) is 24.1 Å². The van der Waals surface area contributed by atoms with Crippen molar-refractivity contribution in [1.82, 2.24) is 0 Å². The molecule has 0 saturated carbocycles. The van der Waals surface area contributed by atoms with Gasteiger partial charge < -0.3 is 10.5 Å². The fourth-order valence-corrected chi connectivity index (χ4v) is 2.14. The molecule has 17 heavy (non-hydrogen) atoms. The van der Waals surface area contributed by atoms with Crippen molar-refractivity contribution in [2.75, 3.05) is 19.8 Å². The van der Waals surface area contributed by atoms with E-state index in [2.05, 4.69) is 48.0 Å². The molecule has 0 saturated heterocycles. The van der Waals surface area contributed by atoms with Crippen molar-refractivity contribution >= 4 is 15.9 Å². The minimum atomic E-state index is 0.389. The predicted molar refractivity (Wildman–Crippen MR) is 76.2 cm³/mol. The summed E-state index contributed by atoms with van der Waals surface area (Å²) in [5.41, 5.74) is 7.11. The van der Waals surface area contributed by atoms with Crippen LogP contribution in [0.1, 0.15) is 31.7 Å². The Kier molecular flexibility index (Phi) is 6.78. The van der Waals surface area contributed by atoms with E-state index in [-0.39, 0.29) is 0 Å². The molecule has 1 rings (SSSR count). The number of hydrogen-bond donors (Lipinski definition) is 1. The van der Waals surface area contributed by atoms with Crippen molar-refractivity contribution in [3.8, 4) is 0 Å². The van der Waals surface area contributed by atoms with Crippen LogP contribution in [0.3, 0.4) is 0 Å². The third-order valence-corrected chi connectivity index (χ3v) is 3.16. The number of rotatable bonds is 7. The van der Waals surface area contributed by atoms with Crippen LogP contribution in [0.5, 0.6) is 0 Å². The molecule has 96 valence electrons. The van der Waals surface area contributed by atoms with Gasteiger partial charge in [0.25, 0.3) is 0 Å². The van der Waals surface area contributed by atoms with Crippen molar-refractivity contribution in [3.05, 3.63) is 34.3 Å². The zero-order chi connectivity index (χ0) is 12.7. The lowest BCUT2D eigenvalue weighted by molar-refractivity contribution is 0.104. The predicted octanol–water partition coefficient (Wildman–Crippen LogP) is 3.55.